The Morgan fingerprint density at radius 2 is 1.97 bits per heavy atom. The smallest absolute Gasteiger partial charge is 0.359 e. The molecule has 4 aromatic rings. The Morgan fingerprint density at radius 1 is 1.18 bits per heavy atom. The summed E-state index contributed by atoms with van der Waals surface area (Å²) in [5.74, 6) is 0.00936. The van der Waals surface area contributed by atoms with Crippen molar-refractivity contribution in [1.82, 2.24) is 9.78 Å². The fourth-order valence-electron chi connectivity index (χ4n) is 3.27. The number of halogens is 1. The van der Waals surface area contributed by atoms with E-state index >= 15 is 0 Å². The summed E-state index contributed by atoms with van der Waals surface area (Å²) >= 11 is 8.73. The number of thioether (sulfide) groups is 1. The van der Waals surface area contributed by atoms with E-state index in [1.54, 1.807) is 36.6 Å². The Hall–Kier alpha value is -3.14. The van der Waals surface area contributed by atoms with Gasteiger partial charge >= 0.3 is 5.97 Å². The second-order valence-electron chi connectivity index (χ2n) is 7.15. The molecule has 0 aliphatic rings. The minimum atomic E-state index is -0.655. The molecule has 0 aliphatic carbocycles. The van der Waals surface area contributed by atoms with Crippen molar-refractivity contribution in [3.05, 3.63) is 86.6 Å². The molecule has 0 atom stereocenters. The molecule has 0 fully saturated rings. The Labute approximate surface area is 208 Å². The lowest BCUT2D eigenvalue weighted by Crippen LogP contribution is -2.25. The molecule has 1 amide bonds. The molecule has 7 nitrogen and oxygen atoms in total. The van der Waals surface area contributed by atoms with E-state index in [1.165, 1.54) is 11.8 Å². The van der Waals surface area contributed by atoms with Crippen LogP contribution in [0.15, 0.2) is 64.8 Å². The van der Waals surface area contributed by atoms with Crippen molar-refractivity contribution >= 4 is 62.3 Å². The number of fused-ring (bicyclic) bond motifs is 1. The van der Waals surface area contributed by atoms with Crippen LogP contribution in [0.1, 0.15) is 23.0 Å². The highest BCUT2D eigenvalue weighted by Gasteiger charge is 2.23. The van der Waals surface area contributed by atoms with Crippen LogP contribution in [0.3, 0.4) is 0 Å². The molecule has 4 rings (SSSR count). The standard InChI is InChI=1S/C24H20ClN3O4S2/c1-2-32-24(31)21-18-13-34-22(26-19(29)14-33-12-15-7-4-3-5-8-15)20(18)23(30)28(27-21)17-10-6-9-16(25)11-17/h3-11,13H,2,12,14H2,1H3,(H,26,29). The second kappa shape index (κ2) is 10.9. The molecule has 0 unspecified atom stereocenters. The monoisotopic (exact) mass is 513 g/mol. The van der Waals surface area contributed by atoms with Crippen molar-refractivity contribution in [3.8, 4) is 5.69 Å². The number of nitrogens with zero attached hydrogens (tertiary/aromatic N) is 2. The van der Waals surface area contributed by atoms with Gasteiger partial charge in [-0.25, -0.2) is 4.79 Å². The minimum Gasteiger partial charge on any atom is -0.461 e. The lowest BCUT2D eigenvalue weighted by Gasteiger charge is -2.10. The number of amides is 1. The maximum atomic E-state index is 13.4. The number of hydrogen-bond donors (Lipinski definition) is 1. The minimum absolute atomic E-state index is 0.00775. The number of nitrogens with one attached hydrogen (secondary N) is 1. The summed E-state index contributed by atoms with van der Waals surface area (Å²) in [6.07, 6.45) is 0. The molecule has 0 radical (unpaired) electrons. The fourth-order valence-corrected chi connectivity index (χ4v) is 5.20. The molecule has 0 bridgehead atoms. The van der Waals surface area contributed by atoms with E-state index in [9.17, 15) is 14.4 Å². The Bertz CT molecular complexity index is 1400. The molecule has 2 heterocycles. The third-order valence-corrected chi connectivity index (χ3v) is 6.91. The quantitative estimate of drug-likeness (QED) is 0.328. The predicted molar refractivity (Wildman–Crippen MR) is 137 cm³/mol. The highest BCUT2D eigenvalue weighted by atomic mass is 35.5. The van der Waals surface area contributed by atoms with Gasteiger partial charge in [0.05, 0.1) is 23.4 Å². The number of aromatic nitrogens is 2. The Balaban J connectivity index is 1.67. The number of carbonyl (C=O) groups excluding carboxylic acids is 2. The van der Waals surface area contributed by atoms with Gasteiger partial charge in [-0.15, -0.1) is 23.1 Å². The van der Waals surface area contributed by atoms with Crippen LogP contribution >= 0.6 is 34.7 Å². The molecular weight excluding hydrogens is 494 g/mol. The first-order valence-corrected chi connectivity index (χ1v) is 12.8. The zero-order valence-corrected chi connectivity index (χ0v) is 20.5. The number of rotatable bonds is 8. The number of esters is 1. The van der Waals surface area contributed by atoms with Crippen LogP contribution in [0.25, 0.3) is 16.5 Å². The Kier molecular flexibility index (Phi) is 7.66. The van der Waals surface area contributed by atoms with Gasteiger partial charge in [0.25, 0.3) is 5.56 Å². The fraction of sp³-hybridized carbons (Fsp3) is 0.167. The van der Waals surface area contributed by atoms with Gasteiger partial charge in [0, 0.05) is 21.5 Å². The predicted octanol–water partition coefficient (Wildman–Crippen LogP) is 5.15. The first kappa shape index (κ1) is 24.0. The lowest BCUT2D eigenvalue weighted by atomic mass is 10.2. The first-order valence-electron chi connectivity index (χ1n) is 10.4. The molecule has 2 aromatic heterocycles. The number of ether oxygens (including phenoxy) is 1. The van der Waals surface area contributed by atoms with E-state index in [1.807, 2.05) is 30.3 Å². The van der Waals surface area contributed by atoms with Crippen LogP contribution in [-0.2, 0) is 15.3 Å². The summed E-state index contributed by atoms with van der Waals surface area (Å²) in [4.78, 5) is 38.6. The third kappa shape index (κ3) is 5.32. The van der Waals surface area contributed by atoms with Gasteiger partial charge in [0.1, 0.15) is 5.00 Å². The van der Waals surface area contributed by atoms with E-state index in [4.69, 9.17) is 16.3 Å². The van der Waals surface area contributed by atoms with Crippen molar-refractivity contribution in [2.45, 2.75) is 12.7 Å². The summed E-state index contributed by atoms with van der Waals surface area (Å²) in [5, 5.41) is 10.0. The van der Waals surface area contributed by atoms with E-state index in [2.05, 4.69) is 10.4 Å². The zero-order chi connectivity index (χ0) is 24.1. The van der Waals surface area contributed by atoms with Crippen molar-refractivity contribution in [1.29, 1.82) is 0 Å². The third-order valence-electron chi connectivity index (χ3n) is 4.77. The summed E-state index contributed by atoms with van der Waals surface area (Å²) in [5.41, 5.74) is 1.04. The normalized spacial score (nSPS) is 10.9. The summed E-state index contributed by atoms with van der Waals surface area (Å²) < 4.78 is 6.25. The number of thiophene rings is 1. The molecular formula is C24H20ClN3O4S2. The molecule has 0 aliphatic heterocycles. The second-order valence-corrected chi connectivity index (χ2v) is 9.45. The number of hydrogen-bond acceptors (Lipinski definition) is 7. The van der Waals surface area contributed by atoms with Gasteiger partial charge in [-0.1, -0.05) is 48.0 Å². The molecule has 2 aromatic carbocycles. The molecule has 174 valence electrons. The van der Waals surface area contributed by atoms with Gasteiger partial charge in [0.2, 0.25) is 5.91 Å². The maximum Gasteiger partial charge on any atom is 0.359 e. The number of carbonyl (C=O) groups is 2. The van der Waals surface area contributed by atoms with E-state index in [0.717, 1.165) is 21.6 Å². The molecule has 34 heavy (non-hydrogen) atoms. The molecule has 1 N–H and O–H groups in total. The highest BCUT2D eigenvalue weighted by molar-refractivity contribution is 7.99. The lowest BCUT2D eigenvalue weighted by molar-refractivity contribution is -0.113. The van der Waals surface area contributed by atoms with Crippen LogP contribution < -0.4 is 10.9 Å². The van der Waals surface area contributed by atoms with Crippen LogP contribution in [-0.4, -0.2) is 34.0 Å². The van der Waals surface area contributed by atoms with Crippen LogP contribution in [0.5, 0.6) is 0 Å². The average Bonchev–Trinajstić information content (AvgIpc) is 3.24. The summed E-state index contributed by atoms with van der Waals surface area (Å²) in [6.45, 7) is 1.85. The summed E-state index contributed by atoms with van der Waals surface area (Å²) in [7, 11) is 0. The largest absolute Gasteiger partial charge is 0.461 e. The van der Waals surface area contributed by atoms with Crippen molar-refractivity contribution in [2.24, 2.45) is 0 Å². The van der Waals surface area contributed by atoms with Gasteiger partial charge in [-0.2, -0.15) is 9.78 Å². The zero-order valence-electron chi connectivity index (χ0n) is 18.1. The summed E-state index contributed by atoms with van der Waals surface area (Å²) in [6, 6.07) is 16.4. The van der Waals surface area contributed by atoms with E-state index < -0.39 is 11.5 Å². The van der Waals surface area contributed by atoms with Crippen LogP contribution in [0.2, 0.25) is 5.02 Å². The molecule has 0 saturated carbocycles. The van der Waals surface area contributed by atoms with Crippen molar-refractivity contribution < 1.29 is 14.3 Å². The number of benzene rings is 2. The first-order chi connectivity index (χ1) is 16.5. The molecule has 0 spiro atoms. The van der Waals surface area contributed by atoms with E-state index in [0.29, 0.717) is 26.9 Å². The van der Waals surface area contributed by atoms with Gasteiger partial charge in [-0.3, -0.25) is 9.59 Å². The van der Waals surface area contributed by atoms with Crippen molar-refractivity contribution in [3.63, 3.8) is 0 Å². The van der Waals surface area contributed by atoms with E-state index in [-0.39, 0.29) is 29.3 Å². The van der Waals surface area contributed by atoms with Crippen molar-refractivity contribution in [2.75, 3.05) is 17.7 Å². The van der Waals surface area contributed by atoms with Crippen LogP contribution in [0, 0.1) is 0 Å². The molecule has 0 saturated heterocycles. The SMILES string of the molecule is CCOC(=O)c1nn(-c2cccc(Cl)c2)c(=O)c2c(NC(=O)CSCc3ccccc3)scc12. The maximum absolute atomic E-state index is 13.4. The topological polar surface area (TPSA) is 90.3 Å². The highest BCUT2D eigenvalue weighted by Crippen LogP contribution is 2.31. The Morgan fingerprint density at radius 3 is 2.71 bits per heavy atom. The average molecular weight is 514 g/mol. The van der Waals surface area contributed by atoms with Crippen LogP contribution in [0.4, 0.5) is 5.00 Å². The number of anilines is 1. The van der Waals surface area contributed by atoms with Gasteiger partial charge < -0.3 is 10.1 Å². The van der Waals surface area contributed by atoms with Gasteiger partial charge in [0.15, 0.2) is 5.69 Å². The van der Waals surface area contributed by atoms with Gasteiger partial charge in [-0.05, 0) is 30.7 Å². The molecule has 10 heteroatoms.